The van der Waals surface area contributed by atoms with Gasteiger partial charge < -0.3 is 10.6 Å². The van der Waals surface area contributed by atoms with Crippen molar-refractivity contribution >= 4 is 16.7 Å². The molecule has 0 saturated heterocycles. The first kappa shape index (κ1) is 15.8. The van der Waals surface area contributed by atoms with Crippen LogP contribution in [0.2, 0.25) is 0 Å². The van der Waals surface area contributed by atoms with Crippen LogP contribution in [0.5, 0.6) is 0 Å². The van der Waals surface area contributed by atoms with Gasteiger partial charge in [0.1, 0.15) is 5.82 Å². The van der Waals surface area contributed by atoms with Crippen molar-refractivity contribution in [1.82, 2.24) is 4.98 Å². The molecule has 0 aliphatic heterocycles. The lowest BCUT2D eigenvalue weighted by Crippen LogP contribution is -2.31. The van der Waals surface area contributed by atoms with E-state index in [1.165, 1.54) is 10.9 Å². The fourth-order valence-electron chi connectivity index (χ4n) is 2.51. The van der Waals surface area contributed by atoms with Crippen molar-refractivity contribution in [1.29, 1.82) is 0 Å². The molecule has 114 valence electrons. The van der Waals surface area contributed by atoms with Crippen molar-refractivity contribution in [3.63, 3.8) is 0 Å². The predicted molar refractivity (Wildman–Crippen MR) is 91.9 cm³/mol. The van der Waals surface area contributed by atoms with Gasteiger partial charge in [-0.1, -0.05) is 32.0 Å². The number of hydrogen-bond acceptors (Lipinski definition) is 3. The van der Waals surface area contributed by atoms with Gasteiger partial charge in [0, 0.05) is 24.5 Å². The van der Waals surface area contributed by atoms with Crippen LogP contribution in [0.25, 0.3) is 10.9 Å². The van der Waals surface area contributed by atoms with Crippen LogP contribution >= 0.6 is 0 Å². The number of hydrogen-bond donors (Lipinski definition) is 1. The van der Waals surface area contributed by atoms with Crippen LogP contribution in [0, 0.1) is 0 Å². The van der Waals surface area contributed by atoms with Gasteiger partial charge in [-0.3, -0.25) is 0 Å². The fourth-order valence-corrected chi connectivity index (χ4v) is 2.51. The van der Waals surface area contributed by atoms with E-state index in [-0.39, 0.29) is 6.04 Å². The van der Waals surface area contributed by atoms with E-state index >= 15 is 0 Å². The molecule has 2 aromatic rings. The number of rotatable bonds is 6. The second-order valence-electron chi connectivity index (χ2n) is 5.90. The van der Waals surface area contributed by atoms with Crippen molar-refractivity contribution < 1.29 is 0 Å². The highest BCUT2D eigenvalue weighted by Crippen LogP contribution is 2.26. The molecule has 1 aromatic carbocycles. The summed E-state index contributed by atoms with van der Waals surface area (Å²) in [5.41, 5.74) is 8.49. The molecule has 3 nitrogen and oxygen atoms in total. The highest BCUT2D eigenvalue weighted by molar-refractivity contribution is 5.81. The van der Waals surface area contributed by atoms with E-state index in [2.05, 4.69) is 57.0 Å². The molecule has 0 fully saturated rings. The number of para-hydroxylation sites is 1. The lowest BCUT2D eigenvalue weighted by molar-refractivity contribution is 0.629. The van der Waals surface area contributed by atoms with Gasteiger partial charge in [-0.15, -0.1) is 0 Å². The molecule has 2 unspecified atom stereocenters. The summed E-state index contributed by atoms with van der Waals surface area (Å²) in [5.74, 6) is 1.08. The summed E-state index contributed by atoms with van der Waals surface area (Å²) >= 11 is 0. The van der Waals surface area contributed by atoms with Crippen molar-refractivity contribution in [2.45, 2.75) is 52.1 Å². The van der Waals surface area contributed by atoms with E-state index in [4.69, 9.17) is 10.7 Å². The third kappa shape index (κ3) is 3.53. The lowest BCUT2D eigenvalue weighted by Gasteiger charge is -2.28. The van der Waals surface area contributed by atoms with Gasteiger partial charge in [0.05, 0.1) is 5.52 Å². The smallest absolute Gasteiger partial charge is 0.132 e. The zero-order valence-corrected chi connectivity index (χ0v) is 13.6. The molecule has 0 bridgehead atoms. The zero-order chi connectivity index (χ0) is 15.4. The molecule has 0 aliphatic rings. The van der Waals surface area contributed by atoms with Gasteiger partial charge in [0.25, 0.3) is 0 Å². The van der Waals surface area contributed by atoms with E-state index in [0.29, 0.717) is 6.04 Å². The van der Waals surface area contributed by atoms with Crippen molar-refractivity contribution in [3.05, 3.63) is 35.9 Å². The van der Waals surface area contributed by atoms with E-state index in [1.807, 2.05) is 6.07 Å². The molecule has 3 heteroatoms. The van der Waals surface area contributed by atoms with Crippen LogP contribution in [0.3, 0.4) is 0 Å². The average molecular weight is 285 g/mol. The third-order valence-electron chi connectivity index (χ3n) is 4.37. The van der Waals surface area contributed by atoms with E-state index in [0.717, 1.165) is 30.6 Å². The second-order valence-corrected chi connectivity index (χ2v) is 5.90. The molecule has 2 N–H and O–H groups in total. The van der Waals surface area contributed by atoms with E-state index in [1.54, 1.807) is 0 Å². The number of aromatic nitrogens is 1. The molecule has 1 aromatic heterocycles. The number of benzene rings is 1. The topological polar surface area (TPSA) is 42.1 Å². The molecule has 2 atom stereocenters. The third-order valence-corrected chi connectivity index (χ3v) is 4.37. The highest BCUT2D eigenvalue weighted by Gasteiger charge is 2.16. The molecule has 0 radical (unpaired) electrons. The second kappa shape index (κ2) is 6.90. The number of fused-ring (bicyclic) bond motifs is 1. The molecular weight excluding hydrogens is 258 g/mol. The quantitative estimate of drug-likeness (QED) is 0.879. The Bertz CT molecular complexity index is 594. The first-order chi connectivity index (χ1) is 10.1. The molecule has 0 spiro atoms. The summed E-state index contributed by atoms with van der Waals surface area (Å²) in [7, 11) is 2.13. The molecule has 21 heavy (non-hydrogen) atoms. The maximum absolute atomic E-state index is 6.18. The monoisotopic (exact) mass is 285 g/mol. The van der Waals surface area contributed by atoms with Crippen LogP contribution in [-0.4, -0.2) is 24.1 Å². The number of anilines is 1. The van der Waals surface area contributed by atoms with Gasteiger partial charge in [0.2, 0.25) is 0 Å². The van der Waals surface area contributed by atoms with E-state index in [9.17, 15) is 0 Å². The van der Waals surface area contributed by atoms with Crippen LogP contribution in [-0.2, 0) is 6.42 Å². The summed E-state index contributed by atoms with van der Waals surface area (Å²) in [4.78, 5) is 7.18. The Balaban J connectivity index is 2.50. The lowest BCUT2D eigenvalue weighted by atomic mass is 10.0. The normalized spacial score (nSPS) is 14.1. The maximum Gasteiger partial charge on any atom is 0.132 e. The number of pyridine rings is 1. The summed E-state index contributed by atoms with van der Waals surface area (Å²) in [6, 6.07) is 11.2. The predicted octanol–water partition coefficient (Wildman–Crippen LogP) is 3.75. The summed E-state index contributed by atoms with van der Waals surface area (Å²) < 4.78 is 0. The van der Waals surface area contributed by atoms with Gasteiger partial charge in [0.15, 0.2) is 0 Å². The number of nitrogens with zero attached hydrogens (tertiary/aromatic N) is 2. The minimum absolute atomic E-state index is 0.192. The maximum atomic E-state index is 6.18. The molecule has 0 saturated carbocycles. The summed E-state index contributed by atoms with van der Waals surface area (Å²) in [6.07, 6.45) is 2.97. The fraction of sp³-hybridized carbons (Fsp3) is 0.500. The standard InChI is InChI=1S/C18H27N3/c1-5-13(3)21(4)18-15(12-16(19)6-2)11-14-9-7-8-10-17(14)20-18/h7-11,13,16H,5-6,12,19H2,1-4H3. The Kier molecular flexibility index (Phi) is 5.18. The molecule has 2 rings (SSSR count). The van der Waals surface area contributed by atoms with Crippen LogP contribution in [0.1, 0.15) is 39.2 Å². The summed E-state index contributed by atoms with van der Waals surface area (Å²) in [5, 5.41) is 1.19. The molecular formula is C18H27N3. The molecule has 0 amide bonds. The van der Waals surface area contributed by atoms with Crippen LogP contribution < -0.4 is 10.6 Å². The van der Waals surface area contributed by atoms with Gasteiger partial charge >= 0.3 is 0 Å². The largest absolute Gasteiger partial charge is 0.357 e. The summed E-state index contributed by atoms with van der Waals surface area (Å²) in [6.45, 7) is 6.58. The Morgan fingerprint density at radius 1 is 1.19 bits per heavy atom. The minimum atomic E-state index is 0.192. The van der Waals surface area contributed by atoms with Gasteiger partial charge in [-0.05, 0) is 43.9 Å². The molecule has 0 aliphatic carbocycles. The average Bonchev–Trinajstić information content (AvgIpc) is 2.52. The Labute approximate surface area is 128 Å². The zero-order valence-electron chi connectivity index (χ0n) is 13.6. The van der Waals surface area contributed by atoms with Gasteiger partial charge in [-0.2, -0.15) is 0 Å². The van der Waals surface area contributed by atoms with Crippen LogP contribution in [0.4, 0.5) is 5.82 Å². The minimum Gasteiger partial charge on any atom is -0.357 e. The Morgan fingerprint density at radius 2 is 1.90 bits per heavy atom. The Morgan fingerprint density at radius 3 is 2.57 bits per heavy atom. The van der Waals surface area contributed by atoms with Crippen LogP contribution in [0.15, 0.2) is 30.3 Å². The Hall–Kier alpha value is -1.61. The van der Waals surface area contributed by atoms with E-state index < -0.39 is 0 Å². The molecule has 1 heterocycles. The van der Waals surface area contributed by atoms with Crippen molar-refractivity contribution in [3.8, 4) is 0 Å². The van der Waals surface area contributed by atoms with Crippen molar-refractivity contribution in [2.75, 3.05) is 11.9 Å². The first-order valence-corrected chi connectivity index (χ1v) is 7.93. The SMILES string of the molecule is CCC(N)Cc1cc2ccccc2nc1N(C)C(C)CC. The van der Waals surface area contributed by atoms with Gasteiger partial charge in [-0.25, -0.2) is 4.98 Å². The van der Waals surface area contributed by atoms with Crippen molar-refractivity contribution in [2.24, 2.45) is 5.73 Å². The first-order valence-electron chi connectivity index (χ1n) is 7.93. The highest BCUT2D eigenvalue weighted by atomic mass is 15.2. The number of nitrogens with two attached hydrogens (primary N) is 1.